The number of nitrogens with one attached hydrogen (secondary N) is 2. The Morgan fingerprint density at radius 1 is 1.29 bits per heavy atom. The van der Waals surface area contributed by atoms with Gasteiger partial charge in [0.2, 0.25) is 5.91 Å². The molecule has 1 aromatic carbocycles. The van der Waals surface area contributed by atoms with Crippen LogP contribution in [0.3, 0.4) is 0 Å². The highest BCUT2D eigenvalue weighted by molar-refractivity contribution is 5.85. The second kappa shape index (κ2) is 9.43. The number of carbonyl (C=O) groups is 1. The molecule has 2 aliphatic rings. The molecule has 1 amide bonds. The van der Waals surface area contributed by atoms with Gasteiger partial charge >= 0.3 is 0 Å². The van der Waals surface area contributed by atoms with Gasteiger partial charge in [0.05, 0.1) is 6.61 Å². The van der Waals surface area contributed by atoms with E-state index in [2.05, 4.69) is 15.7 Å². The van der Waals surface area contributed by atoms with E-state index in [0.717, 1.165) is 43.8 Å². The van der Waals surface area contributed by atoms with Crippen LogP contribution < -0.4 is 15.4 Å². The number of amides is 1. The maximum absolute atomic E-state index is 12.5. The molecule has 1 aliphatic heterocycles. The van der Waals surface area contributed by atoms with Gasteiger partial charge < -0.3 is 15.4 Å². The summed E-state index contributed by atoms with van der Waals surface area (Å²) in [4.78, 5) is 12.5. The van der Waals surface area contributed by atoms with E-state index in [9.17, 15) is 4.79 Å². The van der Waals surface area contributed by atoms with Crippen LogP contribution in [0.4, 0.5) is 0 Å². The minimum absolute atomic E-state index is 0. The molecule has 152 valence electrons. The van der Waals surface area contributed by atoms with E-state index in [4.69, 9.17) is 4.74 Å². The van der Waals surface area contributed by atoms with Crippen LogP contribution in [0.25, 0.3) is 0 Å². The molecule has 1 atom stereocenters. The van der Waals surface area contributed by atoms with Gasteiger partial charge in [-0.25, -0.2) is 0 Å². The van der Waals surface area contributed by atoms with Crippen molar-refractivity contribution < 1.29 is 9.53 Å². The molecule has 2 N–H and O–H groups in total. The topological polar surface area (TPSA) is 68.2 Å². The molecule has 7 heteroatoms. The van der Waals surface area contributed by atoms with E-state index in [1.165, 1.54) is 6.42 Å². The molecule has 0 spiro atoms. The molecule has 1 aromatic heterocycles. The number of hydrogen-bond acceptors (Lipinski definition) is 4. The normalized spacial score (nSPS) is 20.1. The van der Waals surface area contributed by atoms with Crippen LogP contribution >= 0.6 is 12.4 Å². The van der Waals surface area contributed by atoms with Gasteiger partial charge in [-0.2, -0.15) is 5.10 Å². The Morgan fingerprint density at radius 3 is 2.82 bits per heavy atom. The number of piperidine rings is 1. The summed E-state index contributed by atoms with van der Waals surface area (Å²) in [6.45, 7) is 3.65. The lowest BCUT2D eigenvalue weighted by atomic mass is 9.96. The van der Waals surface area contributed by atoms with Crippen LogP contribution in [-0.2, 0) is 11.3 Å². The number of ether oxygens (including phenoxy) is 1. The fourth-order valence-corrected chi connectivity index (χ4v) is 3.71. The third kappa shape index (κ3) is 5.26. The Labute approximate surface area is 172 Å². The average Bonchev–Trinajstić information content (AvgIpc) is 3.35. The molecule has 2 fully saturated rings. The molecule has 1 saturated carbocycles. The fraction of sp³-hybridized carbons (Fsp3) is 0.524. The third-order valence-electron chi connectivity index (χ3n) is 5.66. The Balaban J connectivity index is 0.00000225. The van der Waals surface area contributed by atoms with Crippen molar-refractivity contribution in [1.82, 2.24) is 20.4 Å². The minimum Gasteiger partial charge on any atom is -0.493 e. The lowest BCUT2D eigenvalue weighted by molar-refractivity contribution is -0.122. The van der Waals surface area contributed by atoms with Gasteiger partial charge in [0.15, 0.2) is 0 Å². The highest BCUT2D eigenvalue weighted by Crippen LogP contribution is 2.45. The van der Waals surface area contributed by atoms with Crippen LogP contribution in [0.2, 0.25) is 0 Å². The first-order valence-electron chi connectivity index (χ1n) is 9.91. The molecule has 28 heavy (non-hydrogen) atoms. The molecule has 4 rings (SSSR count). The molecule has 0 radical (unpaired) electrons. The standard InChI is InChI=1S/C21H28N4O2.ClH/c26-20(14-25-19(8-12-24-25)17-5-4-11-22-13-17)23-15-21(9-10-21)16-27-18-6-2-1-3-7-18;/h1-3,6-8,12,17,22H,4-5,9-11,13-16H2,(H,23,26);1H. The predicted molar refractivity (Wildman–Crippen MR) is 111 cm³/mol. The van der Waals surface area contributed by atoms with Crippen LogP contribution in [0.1, 0.15) is 37.3 Å². The largest absolute Gasteiger partial charge is 0.493 e. The Morgan fingerprint density at radius 2 is 2.11 bits per heavy atom. The first kappa shape index (κ1) is 20.7. The minimum atomic E-state index is 0. The second-order valence-corrected chi connectivity index (χ2v) is 7.84. The Hall–Kier alpha value is -2.05. The Kier molecular flexibility index (Phi) is 6.97. The molecule has 0 bridgehead atoms. The van der Waals surface area contributed by atoms with E-state index in [1.54, 1.807) is 6.20 Å². The summed E-state index contributed by atoms with van der Waals surface area (Å²) in [5.74, 6) is 1.36. The highest BCUT2D eigenvalue weighted by Gasteiger charge is 2.43. The molecule has 6 nitrogen and oxygen atoms in total. The predicted octanol–water partition coefficient (Wildman–Crippen LogP) is 2.75. The zero-order valence-electron chi connectivity index (χ0n) is 16.1. The van der Waals surface area contributed by atoms with E-state index < -0.39 is 0 Å². The van der Waals surface area contributed by atoms with Crippen molar-refractivity contribution in [1.29, 1.82) is 0 Å². The van der Waals surface area contributed by atoms with Crippen LogP contribution in [0, 0.1) is 5.41 Å². The summed E-state index contributed by atoms with van der Waals surface area (Å²) in [5.41, 5.74) is 1.25. The van der Waals surface area contributed by atoms with Gasteiger partial charge in [0.1, 0.15) is 12.3 Å². The number of para-hydroxylation sites is 1. The van der Waals surface area contributed by atoms with Crippen molar-refractivity contribution in [3.63, 3.8) is 0 Å². The second-order valence-electron chi connectivity index (χ2n) is 7.84. The summed E-state index contributed by atoms with van der Waals surface area (Å²) in [7, 11) is 0. The van der Waals surface area contributed by atoms with Crippen molar-refractivity contribution in [3.8, 4) is 5.75 Å². The summed E-state index contributed by atoms with van der Waals surface area (Å²) in [6.07, 6.45) is 6.32. The van der Waals surface area contributed by atoms with Crippen molar-refractivity contribution in [2.45, 2.75) is 38.1 Å². The quantitative estimate of drug-likeness (QED) is 0.709. The smallest absolute Gasteiger partial charge is 0.241 e. The van der Waals surface area contributed by atoms with Gasteiger partial charge in [0, 0.05) is 36.3 Å². The molecular weight excluding hydrogens is 376 g/mol. The van der Waals surface area contributed by atoms with E-state index >= 15 is 0 Å². The van der Waals surface area contributed by atoms with Crippen molar-refractivity contribution >= 4 is 18.3 Å². The van der Waals surface area contributed by atoms with Crippen molar-refractivity contribution in [3.05, 3.63) is 48.3 Å². The number of nitrogens with zero attached hydrogens (tertiary/aromatic N) is 2. The van der Waals surface area contributed by atoms with Crippen molar-refractivity contribution in [2.75, 3.05) is 26.2 Å². The lowest BCUT2D eigenvalue weighted by Gasteiger charge is -2.23. The van der Waals surface area contributed by atoms with Gasteiger partial charge in [-0.3, -0.25) is 9.48 Å². The molecular formula is C21H29ClN4O2. The molecule has 2 heterocycles. The molecule has 1 aliphatic carbocycles. The summed E-state index contributed by atoms with van der Waals surface area (Å²) >= 11 is 0. The van der Waals surface area contributed by atoms with Crippen molar-refractivity contribution in [2.24, 2.45) is 5.41 Å². The maximum atomic E-state index is 12.5. The highest BCUT2D eigenvalue weighted by atomic mass is 35.5. The number of rotatable bonds is 8. The summed E-state index contributed by atoms with van der Waals surface area (Å²) in [5, 5.41) is 10.9. The van der Waals surface area contributed by atoms with Gasteiger partial charge in [-0.15, -0.1) is 12.4 Å². The number of aromatic nitrogens is 2. The Bertz CT molecular complexity index is 755. The third-order valence-corrected chi connectivity index (χ3v) is 5.66. The number of benzene rings is 1. The van der Waals surface area contributed by atoms with Crippen LogP contribution in [-0.4, -0.2) is 41.9 Å². The average molecular weight is 405 g/mol. The van der Waals surface area contributed by atoms with Crippen LogP contribution in [0.5, 0.6) is 5.75 Å². The number of hydrogen-bond donors (Lipinski definition) is 2. The zero-order chi connectivity index (χ0) is 18.5. The van der Waals surface area contributed by atoms with E-state index in [-0.39, 0.29) is 30.3 Å². The fourth-order valence-electron chi connectivity index (χ4n) is 3.71. The van der Waals surface area contributed by atoms with Gasteiger partial charge in [0.25, 0.3) is 0 Å². The maximum Gasteiger partial charge on any atom is 0.241 e. The SMILES string of the molecule is Cl.O=C(Cn1nccc1C1CCCNC1)NCC1(COc2ccccc2)CC1. The molecule has 1 unspecified atom stereocenters. The first-order valence-corrected chi connectivity index (χ1v) is 9.91. The summed E-state index contributed by atoms with van der Waals surface area (Å²) in [6, 6.07) is 11.9. The summed E-state index contributed by atoms with van der Waals surface area (Å²) < 4.78 is 7.75. The van der Waals surface area contributed by atoms with E-state index in [0.29, 0.717) is 19.1 Å². The van der Waals surface area contributed by atoms with E-state index in [1.807, 2.05) is 41.1 Å². The van der Waals surface area contributed by atoms with Gasteiger partial charge in [-0.05, 0) is 50.4 Å². The lowest BCUT2D eigenvalue weighted by Crippen LogP contribution is -2.36. The number of carbonyl (C=O) groups excluding carboxylic acids is 1. The number of halogens is 1. The first-order chi connectivity index (χ1) is 13.2. The monoisotopic (exact) mass is 404 g/mol. The van der Waals surface area contributed by atoms with Crippen LogP contribution in [0.15, 0.2) is 42.6 Å². The molecule has 1 saturated heterocycles. The van der Waals surface area contributed by atoms with Gasteiger partial charge in [-0.1, -0.05) is 18.2 Å². The molecule has 2 aromatic rings. The zero-order valence-corrected chi connectivity index (χ0v) is 16.9.